The summed E-state index contributed by atoms with van der Waals surface area (Å²) < 4.78 is 15.2. The standard InChI is InChI=1S/C25H33N5O5S/c1-2-34-17-11-9-15(10-12-17)21(24(32)28-14-18-8-5-13-35-18)30(16-6-3-4-7-16)25(33)22-19(26)20(23(27)31)29-36-22/h9-12,16,18,21H,2-8,13-14,26H2,1H3,(H2,27,31)(H,28,32)/t18-,21+/m0/s1. The second-order valence-corrected chi connectivity index (χ2v) is 9.85. The van der Waals surface area contributed by atoms with Crippen LogP contribution in [0.15, 0.2) is 24.3 Å². The number of carbonyl (C=O) groups excluding carboxylic acids is 3. The van der Waals surface area contributed by atoms with Crippen LogP contribution in [0.5, 0.6) is 5.75 Å². The second kappa shape index (κ2) is 11.7. The molecule has 2 atom stereocenters. The van der Waals surface area contributed by atoms with Crippen molar-refractivity contribution >= 4 is 34.9 Å². The van der Waals surface area contributed by atoms with Gasteiger partial charge in [-0.05, 0) is 61.8 Å². The molecule has 11 heteroatoms. The predicted molar refractivity (Wildman–Crippen MR) is 136 cm³/mol. The third-order valence-electron chi connectivity index (χ3n) is 6.67. The van der Waals surface area contributed by atoms with Gasteiger partial charge in [-0.3, -0.25) is 14.4 Å². The molecule has 1 saturated heterocycles. The Morgan fingerprint density at radius 2 is 1.92 bits per heavy atom. The highest BCUT2D eigenvalue weighted by Crippen LogP contribution is 2.36. The van der Waals surface area contributed by atoms with Gasteiger partial charge in [0, 0.05) is 19.2 Å². The van der Waals surface area contributed by atoms with E-state index in [2.05, 4.69) is 9.69 Å². The van der Waals surface area contributed by atoms with E-state index < -0.39 is 17.9 Å². The van der Waals surface area contributed by atoms with Crippen molar-refractivity contribution in [3.05, 3.63) is 40.4 Å². The molecule has 2 aliphatic rings. The van der Waals surface area contributed by atoms with Crippen LogP contribution in [-0.4, -0.2) is 58.9 Å². The Balaban J connectivity index is 1.71. The lowest BCUT2D eigenvalue weighted by atomic mass is 10.00. The van der Waals surface area contributed by atoms with Gasteiger partial charge in [0.25, 0.3) is 11.8 Å². The fourth-order valence-electron chi connectivity index (χ4n) is 4.89. The number of aromatic nitrogens is 1. The van der Waals surface area contributed by atoms with E-state index >= 15 is 0 Å². The summed E-state index contributed by atoms with van der Waals surface area (Å²) in [5.74, 6) is -0.854. The topological polar surface area (TPSA) is 150 Å². The van der Waals surface area contributed by atoms with Crippen LogP contribution in [0.4, 0.5) is 5.69 Å². The SMILES string of the molecule is CCOc1ccc([C@H](C(=O)NC[C@@H]2CCCO2)N(C(=O)c2snc(C(N)=O)c2N)C2CCCC2)cc1. The molecule has 10 nitrogen and oxygen atoms in total. The van der Waals surface area contributed by atoms with Crippen molar-refractivity contribution in [2.45, 2.75) is 63.6 Å². The number of nitrogens with one attached hydrogen (secondary N) is 1. The van der Waals surface area contributed by atoms with Gasteiger partial charge in [0.15, 0.2) is 5.69 Å². The number of hydrogen-bond donors (Lipinski definition) is 3. The van der Waals surface area contributed by atoms with Crippen molar-refractivity contribution in [3.8, 4) is 5.75 Å². The Labute approximate surface area is 214 Å². The third kappa shape index (κ3) is 5.62. The molecule has 1 aliphatic carbocycles. The molecular formula is C25H33N5O5S. The number of amides is 3. The highest BCUT2D eigenvalue weighted by Gasteiger charge is 2.40. The quantitative estimate of drug-likeness (QED) is 0.440. The minimum Gasteiger partial charge on any atom is -0.494 e. The first-order valence-corrected chi connectivity index (χ1v) is 13.2. The molecular weight excluding hydrogens is 482 g/mol. The molecule has 5 N–H and O–H groups in total. The lowest BCUT2D eigenvalue weighted by Crippen LogP contribution is -2.49. The maximum absolute atomic E-state index is 14.0. The fourth-order valence-corrected chi connectivity index (χ4v) is 5.64. The molecule has 2 aromatic rings. The molecule has 0 unspecified atom stereocenters. The normalized spacial score (nSPS) is 18.6. The van der Waals surface area contributed by atoms with E-state index in [1.54, 1.807) is 29.2 Å². The molecule has 2 fully saturated rings. The van der Waals surface area contributed by atoms with Crippen molar-refractivity contribution in [1.29, 1.82) is 0 Å². The van der Waals surface area contributed by atoms with E-state index in [0.717, 1.165) is 50.1 Å². The predicted octanol–water partition coefficient (Wildman–Crippen LogP) is 2.64. The molecule has 3 amide bonds. The van der Waals surface area contributed by atoms with E-state index in [-0.39, 0.29) is 34.3 Å². The number of rotatable bonds is 10. The lowest BCUT2D eigenvalue weighted by molar-refractivity contribution is -0.127. The first kappa shape index (κ1) is 25.9. The van der Waals surface area contributed by atoms with Gasteiger partial charge in [0.2, 0.25) is 5.91 Å². The molecule has 2 heterocycles. The minimum absolute atomic E-state index is 0.0409. The highest BCUT2D eigenvalue weighted by atomic mass is 32.1. The zero-order valence-electron chi connectivity index (χ0n) is 20.4. The number of benzene rings is 1. The van der Waals surface area contributed by atoms with Crippen LogP contribution in [0.1, 0.15) is 77.2 Å². The summed E-state index contributed by atoms with van der Waals surface area (Å²) in [5.41, 5.74) is 12.0. The van der Waals surface area contributed by atoms with Gasteiger partial charge in [-0.1, -0.05) is 25.0 Å². The van der Waals surface area contributed by atoms with Crippen LogP contribution < -0.4 is 21.5 Å². The largest absolute Gasteiger partial charge is 0.494 e. The Morgan fingerprint density at radius 3 is 2.50 bits per heavy atom. The molecule has 0 bridgehead atoms. The highest BCUT2D eigenvalue weighted by molar-refractivity contribution is 7.09. The molecule has 36 heavy (non-hydrogen) atoms. The average molecular weight is 516 g/mol. The number of anilines is 1. The maximum atomic E-state index is 14.0. The van der Waals surface area contributed by atoms with Gasteiger partial charge in [-0.25, -0.2) is 0 Å². The van der Waals surface area contributed by atoms with E-state index in [0.29, 0.717) is 31.1 Å². The van der Waals surface area contributed by atoms with Crippen LogP contribution in [0, 0.1) is 0 Å². The van der Waals surface area contributed by atoms with Gasteiger partial charge in [-0.2, -0.15) is 4.37 Å². The Hall–Kier alpha value is -3.18. The van der Waals surface area contributed by atoms with Gasteiger partial charge in [-0.15, -0.1) is 0 Å². The Kier molecular flexibility index (Phi) is 8.42. The number of nitrogens with two attached hydrogens (primary N) is 2. The van der Waals surface area contributed by atoms with Crippen molar-refractivity contribution in [2.75, 3.05) is 25.5 Å². The van der Waals surface area contributed by atoms with Crippen LogP contribution >= 0.6 is 11.5 Å². The van der Waals surface area contributed by atoms with Crippen molar-refractivity contribution < 1.29 is 23.9 Å². The van der Waals surface area contributed by atoms with Crippen LogP contribution in [0.2, 0.25) is 0 Å². The Morgan fingerprint density at radius 1 is 1.19 bits per heavy atom. The second-order valence-electron chi connectivity index (χ2n) is 9.07. The van der Waals surface area contributed by atoms with Gasteiger partial charge in [0.05, 0.1) is 18.4 Å². The number of ether oxygens (including phenoxy) is 2. The van der Waals surface area contributed by atoms with Crippen LogP contribution in [-0.2, 0) is 9.53 Å². The molecule has 1 aromatic carbocycles. The zero-order chi connectivity index (χ0) is 25.7. The van der Waals surface area contributed by atoms with E-state index in [4.69, 9.17) is 20.9 Å². The molecule has 4 rings (SSSR count). The molecule has 1 aliphatic heterocycles. The first-order chi connectivity index (χ1) is 17.4. The third-order valence-corrected chi connectivity index (χ3v) is 7.52. The van der Waals surface area contributed by atoms with Crippen molar-refractivity contribution in [1.82, 2.24) is 14.6 Å². The van der Waals surface area contributed by atoms with Crippen LogP contribution in [0.3, 0.4) is 0 Å². The average Bonchev–Trinajstić information content (AvgIpc) is 3.64. The fraction of sp³-hybridized carbons (Fsp3) is 0.520. The Bertz CT molecular complexity index is 1080. The van der Waals surface area contributed by atoms with Crippen LogP contribution in [0.25, 0.3) is 0 Å². The summed E-state index contributed by atoms with van der Waals surface area (Å²) in [5, 5.41) is 3.00. The summed E-state index contributed by atoms with van der Waals surface area (Å²) in [6, 6.07) is 6.13. The number of nitrogen functional groups attached to an aromatic ring is 1. The molecule has 1 saturated carbocycles. The van der Waals surface area contributed by atoms with Gasteiger partial charge >= 0.3 is 0 Å². The summed E-state index contributed by atoms with van der Waals surface area (Å²) in [6.07, 6.45) is 5.23. The maximum Gasteiger partial charge on any atom is 0.270 e. The van der Waals surface area contributed by atoms with Gasteiger partial charge < -0.3 is 31.2 Å². The van der Waals surface area contributed by atoms with Crippen molar-refractivity contribution in [2.24, 2.45) is 5.73 Å². The van der Waals surface area contributed by atoms with E-state index in [1.807, 2.05) is 6.92 Å². The summed E-state index contributed by atoms with van der Waals surface area (Å²) in [4.78, 5) is 41.1. The van der Waals surface area contributed by atoms with Gasteiger partial charge in [0.1, 0.15) is 16.7 Å². The molecule has 1 aromatic heterocycles. The zero-order valence-corrected chi connectivity index (χ0v) is 21.2. The summed E-state index contributed by atoms with van der Waals surface area (Å²) in [7, 11) is 0. The first-order valence-electron chi connectivity index (χ1n) is 12.4. The number of hydrogen-bond acceptors (Lipinski definition) is 8. The summed E-state index contributed by atoms with van der Waals surface area (Å²) in [6.45, 7) is 3.47. The lowest BCUT2D eigenvalue weighted by Gasteiger charge is -2.36. The molecule has 194 valence electrons. The number of nitrogens with zero attached hydrogens (tertiary/aromatic N) is 2. The minimum atomic E-state index is -0.906. The summed E-state index contributed by atoms with van der Waals surface area (Å²) >= 11 is 0.828. The molecule has 0 spiro atoms. The smallest absolute Gasteiger partial charge is 0.270 e. The monoisotopic (exact) mass is 515 g/mol. The van der Waals surface area contributed by atoms with E-state index in [1.165, 1.54) is 0 Å². The van der Waals surface area contributed by atoms with Crippen molar-refractivity contribution in [3.63, 3.8) is 0 Å². The molecule has 0 radical (unpaired) electrons. The van der Waals surface area contributed by atoms with E-state index in [9.17, 15) is 14.4 Å². The number of carbonyl (C=O) groups is 3. The number of primary amides is 1.